The number of rotatable bonds is 4. The summed E-state index contributed by atoms with van der Waals surface area (Å²) in [6, 6.07) is 26.6. The molecule has 0 aliphatic carbocycles. The summed E-state index contributed by atoms with van der Waals surface area (Å²) in [5.41, 5.74) is 4.17. The molecule has 24 heavy (non-hydrogen) atoms. The number of nitrogens with zero attached hydrogens (tertiary/aromatic N) is 1. The van der Waals surface area contributed by atoms with Crippen molar-refractivity contribution < 1.29 is 0 Å². The van der Waals surface area contributed by atoms with Crippen LogP contribution in [0.3, 0.4) is 0 Å². The first-order valence-corrected chi connectivity index (χ1v) is 9.67. The van der Waals surface area contributed by atoms with Crippen LogP contribution in [0.5, 0.6) is 0 Å². The fourth-order valence-corrected chi connectivity index (χ4v) is 5.59. The second-order valence-corrected chi connectivity index (χ2v) is 8.31. The molecule has 1 saturated heterocycles. The van der Waals surface area contributed by atoms with Crippen LogP contribution in [-0.2, 0) is 10.9 Å². The fourth-order valence-electron chi connectivity index (χ4n) is 3.21. The monoisotopic (exact) mass is 332 g/mol. The zero-order valence-electron chi connectivity index (χ0n) is 14.2. The van der Waals surface area contributed by atoms with E-state index in [4.69, 9.17) is 0 Å². The van der Waals surface area contributed by atoms with Crippen molar-refractivity contribution in [2.45, 2.75) is 28.5 Å². The molecule has 0 N–H and O–H groups in total. The van der Waals surface area contributed by atoms with E-state index in [2.05, 4.69) is 91.5 Å². The minimum Gasteiger partial charge on any atom is -0.364 e. The Morgan fingerprint density at radius 1 is 0.750 bits per heavy atom. The molecule has 0 bridgehead atoms. The van der Waals surface area contributed by atoms with Crippen molar-refractivity contribution in [2.75, 3.05) is 18.0 Å². The lowest BCUT2D eigenvalue weighted by Crippen LogP contribution is -2.10. The molecule has 1 nitrogen and oxygen atoms in total. The van der Waals surface area contributed by atoms with E-state index in [-0.39, 0.29) is 10.9 Å². The lowest BCUT2D eigenvalue weighted by molar-refractivity contribution is 1.18. The van der Waals surface area contributed by atoms with Gasteiger partial charge in [0.25, 0.3) is 0 Å². The fraction of sp³-hybridized carbons (Fsp3) is 0.182. The van der Waals surface area contributed by atoms with Gasteiger partial charge in [-0.05, 0) is 49.7 Å². The van der Waals surface area contributed by atoms with Gasteiger partial charge in [-0.1, -0.05) is 42.5 Å². The molecule has 4 rings (SSSR count). The molecule has 1 heterocycles. The lowest BCUT2D eigenvalue weighted by atomic mass is 10.1. The van der Waals surface area contributed by atoms with Crippen LogP contribution >= 0.6 is 0 Å². The zero-order chi connectivity index (χ0) is 16.5. The quantitative estimate of drug-likeness (QED) is 0.468. The van der Waals surface area contributed by atoms with Crippen LogP contribution in [0.4, 0.5) is 5.69 Å². The van der Waals surface area contributed by atoms with Gasteiger partial charge in [0.05, 0.1) is 5.69 Å². The highest BCUT2D eigenvalue weighted by molar-refractivity contribution is 7.97. The normalized spacial score (nSPS) is 13.4. The molecule has 0 amide bonds. The largest absolute Gasteiger partial charge is 0.364 e. The predicted molar refractivity (Wildman–Crippen MR) is 103 cm³/mol. The van der Waals surface area contributed by atoms with E-state index in [1.54, 1.807) is 0 Å². The van der Waals surface area contributed by atoms with Crippen LogP contribution < -0.4 is 4.90 Å². The summed E-state index contributed by atoms with van der Waals surface area (Å²) in [4.78, 5) is 6.74. The van der Waals surface area contributed by atoms with Crippen LogP contribution in [0, 0.1) is 13.8 Å². The highest BCUT2D eigenvalue weighted by atomic mass is 32.2. The number of hydrogen-bond donors (Lipinski definition) is 0. The van der Waals surface area contributed by atoms with Gasteiger partial charge in [0, 0.05) is 18.7 Å². The maximum absolute atomic E-state index is 2.49. The summed E-state index contributed by atoms with van der Waals surface area (Å²) in [7, 11) is -0.0683. The van der Waals surface area contributed by atoms with Crippen molar-refractivity contribution >= 4 is 16.6 Å². The third-order valence-corrected chi connectivity index (χ3v) is 6.78. The molecule has 0 saturated carbocycles. The summed E-state index contributed by atoms with van der Waals surface area (Å²) in [5, 5.41) is 0. The van der Waals surface area contributed by atoms with Gasteiger partial charge >= 0.3 is 0 Å². The van der Waals surface area contributed by atoms with E-state index >= 15 is 0 Å². The van der Waals surface area contributed by atoms with E-state index < -0.39 is 0 Å². The Morgan fingerprint density at radius 2 is 1.29 bits per heavy atom. The van der Waals surface area contributed by atoms with Crippen molar-refractivity contribution in [3.63, 3.8) is 0 Å². The van der Waals surface area contributed by atoms with Gasteiger partial charge < -0.3 is 4.90 Å². The molecule has 3 aromatic rings. The Kier molecular flexibility index (Phi) is 4.07. The minimum atomic E-state index is -0.0683. The Morgan fingerprint density at radius 3 is 1.79 bits per heavy atom. The van der Waals surface area contributed by atoms with Crippen molar-refractivity contribution in [3.8, 4) is 0 Å². The van der Waals surface area contributed by atoms with E-state index in [0.717, 1.165) is 0 Å². The molecule has 0 unspecified atom stereocenters. The minimum absolute atomic E-state index is 0.0683. The Bertz CT molecular complexity index is 799. The molecule has 1 aliphatic heterocycles. The molecule has 3 aromatic carbocycles. The van der Waals surface area contributed by atoms with Gasteiger partial charge in [-0.2, -0.15) is 0 Å². The number of benzene rings is 3. The van der Waals surface area contributed by atoms with Crippen LogP contribution in [0.2, 0.25) is 0 Å². The van der Waals surface area contributed by atoms with Gasteiger partial charge in [-0.3, -0.25) is 0 Å². The number of anilines is 1. The van der Waals surface area contributed by atoms with Crippen molar-refractivity contribution in [3.05, 3.63) is 83.9 Å². The second kappa shape index (κ2) is 6.37. The van der Waals surface area contributed by atoms with E-state index in [1.807, 2.05) is 0 Å². The highest BCUT2D eigenvalue weighted by Crippen LogP contribution is 2.41. The molecular formula is C22H22NS+. The average molecular weight is 332 g/mol. The number of aryl methyl sites for hydroxylation is 2. The Hall–Kier alpha value is -2.19. The van der Waals surface area contributed by atoms with Gasteiger partial charge in [-0.15, -0.1) is 0 Å². The first-order valence-electron chi connectivity index (χ1n) is 8.44. The number of hydrogen-bond acceptors (Lipinski definition) is 1. The summed E-state index contributed by atoms with van der Waals surface area (Å²) >= 11 is 0. The maximum atomic E-state index is 2.49. The van der Waals surface area contributed by atoms with Gasteiger partial charge in [0.1, 0.15) is 10.9 Å². The molecule has 2 heteroatoms. The lowest BCUT2D eigenvalue weighted by Gasteiger charge is -2.16. The summed E-state index contributed by atoms with van der Waals surface area (Å²) in [6.07, 6.45) is 0. The van der Waals surface area contributed by atoms with Crippen molar-refractivity contribution in [1.82, 2.24) is 0 Å². The van der Waals surface area contributed by atoms with Crippen LogP contribution in [0.25, 0.3) is 0 Å². The van der Waals surface area contributed by atoms with Crippen LogP contribution in [-0.4, -0.2) is 13.1 Å². The Balaban J connectivity index is 1.95. The standard InChI is InChI=1S/C22H22NS/c1-17-15-18(2)22(21(16-17)23-13-14-23)24(19-9-5-3-6-10-19)20-11-7-4-8-12-20/h3-12,15-16H,13-14H2,1-2H3/q+1. The first-order chi connectivity index (χ1) is 11.7. The molecule has 1 fully saturated rings. The third-order valence-electron chi connectivity index (χ3n) is 4.35. The summed E-state index contributed by atoms with van der Waals surface area (Å²) in [6.45, 7) is 6.82. The molecule has 1 aliphatic rings. The molecule has 120 valence electrons. The van der Waals surface area contributed by atoms with Gasteiger partial charge in [-0.25, -0.2) is 0 Å². The van der Waals surface area contributed by atoms with E-state index in [1.165, 1.54) is 44.6 Å². The molecule has 0 aromatic heterocycles. The Labute approximate surface area is 147 Å². The van der Waals surface area contributed by atoms with Crippen molar-refractivity contribution in [2.24, 2.45) is 0 Å². The van der Waals surface area contributed by atoms with Crippen molar-refractivity contribution in [1.29, 1.82) is 0 Å². The zero-order valence-corrected chi connectivity index (χ0v) is 15.0. The molecule has 0 atom stereocenters. The summed E-state index contributed by atoms with van der Waals surface area (Å²) < 4.78 is 0. The predicted octanol–water partition coefficient (Wildman–Crippen LogP) is 5.22. The highest BCUT2D eigenvalue weighted by Gasteiger charge is 2.36. The average Bonchev–Trinajstić information content (AvgIpc) is 3.44. The smallest absolute Gasteiger partial charge is 0.192 e. The first kappa shape index (κ1) is 15.3. The molecular weight excluding hydrogens is 310 g/mol. The van der Waals surface area contributed by atoms with Crippen LogP contribution in [0.1, 0.15) is 11.1 Å². The SMILES string of the molecule is Cc1cc(C)c([S+](c2ccccc2)c2ccccc2)c(N2CC2)c1. The van der Waals surface area contributed by atoms with Crippen LogP contribution in [0.15, 0.2) is 87.5 Å². The maximum Gasteiger partial charge on any atom is 0.192 e. The molecule has 0 spiro atoms. The van der Waals surface area contributed by atoms with Gasteiger partial charge in [0.15, 0.2) is 14.7 Å². The summed E-state index contributed by atoms with van der Waals surface area (Å²) in [5.74, 6) is 0. The molecule has 0 radical (unpaired) electrons. The third kappa shape index (κ3) is 2.94. The topological polar surface area (TPSA) is 3.01 Å². The second-order valence-electron chi connectivity index (χ2n) is 6.35. The van der Waals surface area contributed by atoms with E-state index in [0.29, 0.717) is 0 Å². The van der Waals surface area contributed by atoms with Gasteiger partial charge in [0.2, 0.25) is 0 Å². The van der Waals surface area contributed by atoms with E-state index in [9.17, 15) is 0 Å².